The van der Waals surface area contributed by atoms with Gasteiger partial charge in [0.1, 0.15) is 5.82 Å². The first-order valence-electron chi connectivity index (χ1n) is 6.38. The summed E-state index contributed by atoms with van der Waals surface area (Å²) < 4.78 is 40.3. The third-order valence-corrected chi connectivity index (χ3v) is 3.15. The number of hydrogen-bond acceptors (Lipinski definition) is 2. The van der Waals surface area contributed by atoms with Gasteiger partial charge in [0.05, 0.1) is 5.69 Å². The third-order valence-electron chi connectivity index (χ3n) is 3.15. The molecular formula is C15H15F3N2O. The predicted molar refractivity (Wildman–Crippen MR) is 73.6 cm³/mol. The van der Waals surface area contributed by atoms with Crippen LogP contribution in [0.15, 0.2) is 16.9 Å². The molecular weight excluding hydrogens is 281 g/mol. The minimum absolute atomic E-state index is 0.0140. The topological polar surface area (TPSA) is 45.8 Å². The largest absolute Gasteiger partial charge is 0.310 e. The standard InChI is InChI=1S/C15H15F3N2O/c1-7-12(8-5-6-9(16)11(18)10(8)17)19-14(15(2,3)4)20-13(7)21/h5-6H,1-4H3,(H,19,20,21). The number of benzene rings is 1. The number of aromatic amines is 1. The summed E-state index contributed by atoms with van der Waals surface area (Å²) in [6.45, 7) is 6.93. The van der Waals surface area contributed by atoms with E-state index in [1.54, 1.807) is 0 Å². The van der Waals surface area contributed by atoms with Crippen molar-refractivity contribution in [2.75, 3.05) is 0 Å². The second kappa shape index (κ2) is 5.02. The van der Waals surface area contributed by atoms with Gasteiger partial charge >= 0.3 is 0 Å². The average Bonchev–Trinajstić information content (AvgIpc) is 2.39. The van der Waals surface area contributed by atoms with Gasteiger partial charge < -0.3 is 4.98 Å². The highest BCUT2D eigenvalue weighted by atomic mass is 19.2. The summed E-state index contributed by atoms with van der Waals surface area (Å²) in [6.07, 6.45) is 0. The van der Waals surface area contributed by atoms with Crippen molar-refractivity contribution < 1.29 is 13.2 Å². The van der Waals surface area contributed by atoms with Gasteiger partial charge in [0.25, 0.3) is 5.56 Å². The molecule has 1 heterocycles. The van der Waals surface area contributed by atoms with E-state index in [1.165, 1.54) is 6.92 Å². The van der Waals surface area contributed by atoms with Gasteiger partial charge in [-0.3, -0.25) is 4.79 Å². The van der Waals surface area contributed by atoms with Crippen LogP contribution in [0.25, 0.3) is 11.3 Å². The Labute approximate surface area is 119 Å². The van der Waals surface area contributed by atoms with Crippen LogP contribution in [-0.2, 0) is 5.41 Å². The van der Waals surface area contributed by atoms with Crippen molar-refractivity contribution in [2.45, 2.75) is 33.1 Å². The van der Waals surface area contributed by atoms with Gasteiger partial charge in [-0.1, -0.05) is 20.8 Å². The Kier molecular flexibility index (Phi) is 3.65. The third kappa shape index (κ3) is 2.70. The zero-order valence-electron chi connectivity index (χ0n) is 12.1. The lowest BCUT2D eigenvalue weighted by Crippen LogP contribution is -2.24. The number of aromatic nitrogens is 2. The summed E-state index contributed by atoms with van der Waals surface area (Å²) in [5.74, 6) is -3.87. The number of halogens is 3. The lowest BCUT2D eigenvalue weighted by atomic mass is 9.95. The van der Waals surface area contributed by atoms with Gasteiger partial charge in [-0.15, -0.1) is 0 Å². The maximum Gasteiger partial charge on any atom is 0.254 e. The summed E-state index contributed by atoms with van der Waals surface area (Å²) in [6, 6.07) is 1.89. The Hall–Kier alpha value is -2.11. The zero-order chi connectivity index (χ0) is 15.9. The fourth-order valence-electron chi connectivity index (χ4n) is 1.86. The number of nitrogens with zero attached hydrogens (tertiary/aromatic N) is 1. The normalized spacial score (nSPS) is 11.8. The molecule has 1 aromatic heterocycles. The van der Waals surface area contributed by atoms with Crippen LogP contribution in [0.4, 0.5) is 13.2 Å². The number of H-pyrrole nitrogens is 1. The van der Waals surface area contributed by atoms with Gasteiger partial charge in [0, 0.05) is 16.5 Å². The molecule has 2 aromatic rings. The molecule has 0 saturated carbocycles. The number of nitrogens with one attached hydrogen (secondary N) is 1. The van der Waals surface area contributed by atoms with Crippen molar-refractivity contribution in [2.24, 2.45) is 0 Å². The Bertz CT molecular complexity index is 761. The van der Waals surface area contributed by atoms with E-state index in [1.807, 2.05) is 20.8 Å². The molecule has 0 unspecified atom stereocenters. The van der Waals surface area contributed by atoms with Crippen LogP contribution in [0, 0.1) is 24.4 Å². The molecule has 112 valence electrons. The summed E-state index contributed by atoms with van der Waals surface area (Å²) in [7, 11) is 0. The maximum atomic E-state index is 13.9. The highest BCUT2D eigenvalue weighted by Gasteiger charge is 2.23. The van der Waals surface area contributed by atoms with E-state index in [0.29, 0.717) is 5.82 Å². The minimum atomic E-state index is -1.58. The first kappa shape index (κ1) is 15.3. The van der Waals surface area contributed by atoms with Crippen molar-refractivity contribution >= 4 is 0 Å². The van der Waals surface area contributed by atoms with Crippen LogP contribution >= 0.6 is 0 Å². The van der Waals surface area contributed by atoms with Gasteiger partial charge in [-0.2, -0.15) is 0 Å². The van der Waals surface area contributed by atoms with Gasteiger partial charge in [0.2, 0.25) is 0 Å². The molecule has 0 spiro atoms. The molecule has 0 aliphatic rings. The smallest absolute Gasteiger partial charge is 0.254 e. The second-order valence-electron chi connectivity index (χ2n) is 5.86. The molecule has 1 aromatic carbocycles. The van der Waals surface area contributed by atoms with Crippen molar-refractivity contribution in [1.29, 1.82) is 0 Å². The molecule has 6 heteroatoms. The summed E-state index contributed by atoms with van der Waals surface area (Å²) in [4.78, 5) is 18.8. The summed E-state index contributed by atoms with van der Waals surface area (Å²) in [5.41, 5.74) is -0.985. The quantitative estimate of drug-likeness (QED) is 0.819. The number of hydrogen-bond donors (Lipinski definition) is 1. The van der Waals surface area contributed by atoms with Crippen LogP contribution < -0.4 is 5.56 Å². The highest BCUT2D eigenvalue weighted by Crippen LogP contribution is 2.27. The van der Waals surface area contributed by atoms with Crippen molar-refractivity contribution in [3.8, 4) is 11.3 Å². The van der Waals surface area contributed by atoms with Crippen LogP contribution in [0.5, 0.6) is 0 Å². The molecule has 0 amide bonds. The van der Waals surface area contributed by atoms with Crippen LogP contribution in [0.2, 0.25) is 0 Å². The van der Waals surface area contributed by atoms with E-state index in [4.69, 9.17) is 0 Å². The van der Waals surface area contributed by atoms with Crippen molar-refractivity contribution in [3.63, 3.8) is 0 Å². The molecule has 0 aliphatic heterocycles. The van der Waals surface area contributed by atoms with E-state index < -0.39 is 28.4 Å². The van der Waals surface area contributed by atoms with E-state index >= 15 is 0 Å². The lowest BCUT2D eigenvalue weighted by molar-refractivity contribution is 0.448. The Balaban J connectivity index is 2.78. The Morgan fingerprint density at radius 3 is 2.29 bits per heavy atom. The molecule has 0 bridgehead atoms. The van der Waals surface area contributed by atoms with E-state index in [-0.39, 0.29) is 16.8 Å². The van der Waals surface area contributed by atoms with Gasteiger partial charge in [-0.25, -0.2) is 18.2 Å². The number of rotatable bonds is 1. The predicted octanol–water partition coefficient (Wildman–Crippen LogP) is 3.46. The summed E-state index contributed by atoms with van der Waals surface area (Å²) >= 11 is 0. The van der Waals surface area contributed by atoms with E-state index in [9.17, 15) is 18.0 Å². The Morgan fingerprint density at radius 2 is 1.71 bits per heavy atom. The molecule has 2 rings (SSSR count). The molecule has 3 nitrogen and oxygen atoms in total. The average molecular weight is 296 g/mol. The summed E-state index contributed by atoms with van der Waals surface area (Å²) in [5, 5.41) is 0. The van der Waals surface area contributed by atoms with Crippen LogP contribution in [0.1, 0.15) is 32.2 Å². The molecule has 0 aliphatic carbocycles. The fourth-order valence-corrected chi connectivity index (χ4v) is 1.86. The van der Waals surface area contributed by atoms with E-state index in [2.05, 4.69) is 9.97 Å². The second-order valence-corrected chi connectivity index (χ2v) is 5.86. The molecule has 0 fully saturated rings. The van der Waals surface area contributed by atoms with Crippen LogP contribution in [0.3, 0.4) is 0 Å². The molecule has 1 N–H and O–H groups in total. The molecule has 0 radical (unpaired) electrons. The first-order valence-corrected chi connectivity index (χ1v) is 6.38. The van der Waals surface area contributed by atoms with Crippen molar-refractivity contribution in [1.82, 2.24) is 9.97 Å². The van der Waals surface area contributed by atoms with Gasteiger partial charge in [0.15, 0.2) is 17.5 Å². The SMILES string of the molecule is Cc1c(-c2ccc(F)c(F)c2F)nc(C(C)(C)C)[nH]c1=O. The molecule has 21 heavy (non-hydrogen) atoms. The van der Waals surface area contributed by atoms with E-state index in [0.717, 1.165) is 12.1 Å². The monoisotopic (exact) mass is 296 g/mol. The minimum Gasteiger partial charge on any atom is -0.310 e. The lowest BCUT2D eigenvalue weighted by Gasteiger charge is -2.19. The maximum absolute atomic E-state index is 13.9. The zero-order valence-corrected chi connectivity index (χ0v) is 12.1. The molecule has 0 atom stereocenters. The fraction of sp³-hybridized carbons (Fsp3) is 0.333. The van der Waals surface area contributed by atoms with Crippen molar-refractivity contribution in [3.05, 3.63) is 51.3 Å². The molecule has 0 saturated heterocycles. The van der Waals surface area contributed by atoms with Gasteiger partial charge in [-0.05, 0) is 19.1 Å². The first-order chi connectivity index (χ1) is 9.62. The van der Waals surface area contributed by atoms with Crippen LogP contribution in [-0.4, -0.2) is 9.97 Å². The highest BCUT2D eigenvalue weighted by molar-refractivity contribution is 5.63. The Morgan fingerprint density at radius 1 is 1.10 bits per heavy atom.